The minimum absolute atomic E-state index is 0.332. The minimum atomic E-state index is 0.332. The van der Waals surface area contributed by atoms with Gasteiger partial charge >= 0.3 is 0 Å². The lowest BCUT2D eigenvalue weighted by molar-refractivity contribution is 1.11. The Hall–Kier alpha value is -6.88. The molecule has 0 aliphatic rings. The van der Waals surface area contributed by atoms with E-state index in [0.717, 1.165) is 66.8 Å². The third kappa shape index (κ3) is 4.92. The highest BCUT2D eigenvalue weighted by atomic mass is 15.0. The Morgan fingerprint density at radius 3 is 1.92 bits per heavy atom. The lowest BCUT2D eigenvalue weighted by Gasteiger charge is -2.16. The van der Waals surface area contributed by atoms with E-state index >= 15 is 0 Å². The molecule has 0 saturated carbocycles. The number of hydrogen-bond donors (Lipinski definition) is 0. The van der Waals surface area contributed by atoms with Gasteiger partial charge in [-0.1, -0.05) is 110 Å². The van der Waals surface area contributed by atoms with Gasteiger partial charge in [0.15, 0.2) is 0 Å². The van der Waals surface area contributed by atoms with E-state index < -0.39 is 0 Å². The van der Waals surface area contributed by atoms with Gasteiger partial charge in [-0.25, -0.2) is 0 Å². The number of rotatable bonds is 7. The van der Waals surface area contributed by atoms with Crippen molar-refractivity contribution < 1.29 is 0 Å². The summed E-state index contributed by atoms with van der Waals surface area (Å²) in [6.07, 6.45) is 6.09. The third-order valence-electron chi connectivity index (χ3n) is 9.23. The number of aromatic nitrogens is 2. The molecule has 8 aromatic rings. The van der Waals surface area contributed by atoms with E-state index in [2.05, 4.69) is 137 Å². The minimum Gasteiger partial charge on any atom is -0.309 e. The Labute approximate surface area is 285 Å². The number of allylic oxidation sites excluding steroid dienone is 1. The van der Waals surface area contributed by atoms with Crippen molar-refractivity contribution in [3.8, 4) is 45.8 Å². The molecule has 0 fully saturated rings. The van der Waals surface area contributed by atoms with Gasteiger partial charge in [0.1, 0.15) is 0 Å². The molecule has 230 valence electrons. The van der Waals surface area contributed by atoms with Crippen LogP contribution in [0.4, 0.5) is 0 Å². The molecule has 0 spiro atoms. The molecule has 0 bridgehead atoms. The highest BCUT2D eigenvalue weighted by Gasteiger charge is 2.18. The van der Waals surface area contributed by atoms with E-state index in [0.29, 0.717) is 12.0 Å². The van der Waals surface area contributed by atoms with Crippen LogP contribution < -0.4 is 0 Å². The van der Waals surface area contributed by atoms with Gasteiger partial charge in [0.2, 0.25) is 0 Å². The lowest BCUT2D eigenvalue weighted by Crippen LogP contribution is -1.98. The second kappa shape index (κ2) is 12.4. The molecule has 0 amide bonds. The monoisotopic (exact) mass is 626 g/mol. The molecule has 2 heterocycles. The summed E-state index contributed by atoms with van der Waals surface area (Å²) in [7, 11) is 0. The SMILES string of the molecule is C=Cc1c(/C=C\CC#N)c2ccccc2n1-c1cccc(-c2cc(-c3ccccc3-n3c4ccccc4c4ccccc43)ccc2C#N)c1. The number of para-hydroxylation sites is 4. The first-order valence-corrected chi connectivity index (χ1v) is 16.2. The Morgan fingerprint density at radius 2 is 1.22 bits per heavy atom. The van der Waals surface area contributed by atoms with Crippen molar-refractivity contribution >= 4 is 44.9 Å². The fourth-order valence-corrected chi connectivity index (χ4v) is 7.12. The van der Waals surface area contributed by atoms with Gasteiger partial charge < -0.3 is 9.13 Å². The Bertz CT molecular complexity index is 2630. The molecule has 4 nitrogen and oxygen atoms in total. The van der Waals surface area contributed by atoms with Crippen LogP contribution >= 0.6 is 0 Å². The highest BCUT2D eigenvalue weighted by Crippen LogP contribution is 2.39. The molecular weight excluding hydrogens is 597 g/mol. The largest absolute Gasteiger partial charge is 0.309 e. The van der Waals surface area contributed by atoms with E-state index in [1.54, 1.807) is 0 Å². The number of hydrogen-bond acceptors (Lipinski definition) is 2. The summed E-state index contributed by atoms with van der Waals surface area (Å²) in [5.74, 6) is 0. The number of benzene rings is 6. The highest BCUT2D eigenvalue weighted by molar-refractivity contribution is 6.09. The third-order valence-corrected chi connectivity index (χ3v) is 9.23. The van der Waals surface area contributed by atoms with Gasteiger partial charge in [0, 0.05) is 38.5 Å². The van der Waals surface area contributed by atoms with Gasteiger partial charge in [-0.2, -0.15) is 10.5 Å². The maximum Gasteiger partial charge on any atom is 0.0998 e. The van der Waals surface area contributed by atoms with Gasteiger partial charge in [-0.15, -0.1) is 0 Å². The molecular formula is C45H30N4. The molecule has 49 heavy (non-hydrogen) atoms. The molecule has 0 radical (unpaired) electrons. The van der Waals surface area contributed by atoms with Crippen molar-refractivity contribution in [3.05, 3.63) is 169 Å². The first-order valence-electron chi connectivity index (χ1n) is 16.2. The fourth-order valence-electron chi connectivity index (χ4n) is 7.12. The van der Waals surface area contributed by atoms with E-state index in [-0.39, 0.29) is 0 Å². The zero-order chi connectivity index (χ0) is 33.3. The Balaban J connectivity index is 1.30. The molecule has 0 aliphatic heterocycles. The van der Waals surface area contributed by atoms with E-state index in [4.69, 9.17) is 5.26 Å². The van der Waals surface area contributed by atoms with Crippen LogP contribution in [0.25, 0.3) is 78.5 Å². The number of nitrogens with zero attached hydrogens (tertiary/aromatic N) is 4. The van der Waals surface area contributed by atoms with Crippen molar-refractivity contribution in [3.63, 3.8) is 0 Å². The molecule has 0 saturated heterocycles. The normalized spacial score (nSPS) is 11.3. The van der Waals surface area contributed by atoms with Crippen molar-refractivity contribution in [2.75, 3.05) is 0 Å². The topological polar surface area (TPSA) is 57.4 Å². The van der Waals surface area contributed by atoms with Crippen molar-refractivity contribution in [1.82, 2.24) is 9.13 Å². The van der Waals surface area contributed by atoms with Crippen LogP contribution in [0.5, 0.6) is 0 Å². The zero-order valence-corrected chi connectivity index (χ0v) is 26.7. The molecule has 0 atom stereocenters. The van der Waals surface area contributed by atoms with Crippen LogP contribution in [0.15, 0.2) is 152 Å². The average molecular weight is 627 g/mol. The van der Waals surface area contributed by atoms with Crippen molar-refractivity contribution in [2.45, 2.75) is 6.42 Å². The summed E-state index contributed by atoms with van der Waals surface area (Å²) in [5, 5.41) is 22.9. The summed E-state index contributed by atoms with van der Waals surface area (Å²) in [6.45, 7) is 4.16. The molecule has 4 heteroatoms. The quantitative estimate of drug-likeness (QED) is 0.177. The summed E-state index contributed by atoms with van der Waals surface area (Å²) in [4.78, 5) is 0. The van der Waals surface area contributed by atoms with Gasteiger partial charge in [-0.3, -0.25) is 0 Å². The molecule has 8 rings (SSSR count). The summed E-state index contributed by atoms with van der Waals surface area (Å²) >= 11 is 0. The van der Waals surface area contributed by atoms with E-state index in [1.807, 2.05) is 48.6 Å². The Kier molecular flexibility index (Phi) is 7.46. The smallest absolute Gasteiger partial charge is 0.0998 e. The summed E-state index contributed by atoms with van der Waals surface area (Å²) < 4.78 is 4.54. The van der Waals surface area contributed by atoms with Crippen molar-refractivity contribution in [1.29, 1.82) is 10.5 Å². The van der Waals surface area contributed by atoms with E-state index in [1.165, 1.54) is 10.8 Å². The van der Waals surface area contributed by atoms with Crippen LogP contribution in [0.3, 0.4) is 0 Å². The molecule has 2 aromatic heterocycles. The van der Waals surface area contributed by atoms with Crippen LogP contribution in [-0.2, 0) is 0 Å². The van der Waals surface area contributed by atoms with Gasteiger partial charge in [-0.05, 0) is 65.7 Å². The standard InChI is InChI=1S/C45H30N4/c1-2-41-36(20-11-12-27-46)37-17-4-8-22-43(37)48(41)34-15-13-14-31(28-34)40-29-32(25-26-33(40)30-47)35-16-3-7-21-42(35)49-44-23-9-5-18-38(44)39-19-6-10-24-45(39)49/h2-11,13-26,28-29H,1,12H2/b20-11-. The van der Waals surface area contributed by atoms with E-state index in [9.17, 15) is 5.26 Å². The zero-order valence-electron chi connectivity index (χ0n) is 26.7. The first kappa shape index (κ1) is 29.5. The van der Waals surface area contributed by atoms with Gasteiger partial charge in [0.05, 0.1) is 52.1 Å². The van der Waals surface area contributed by atoms with Gasteiger partial charge in [0.25, 0.3) is 0 Å². The molecule has 6 aromatic carbocycles. The summed E-state index contributed by atoms with van der Waals surface area (Å²) in [6, 6.07) is 52.9. The van der Waals surface area contributed by atoms with Crippen LogP contribution in [0.2, 0.25) is 0 Å². The predicted octanol–water partition coefficient (Wildman–Crippen LogP) is 11.5. The maximum atomic E-state index is 10.3. The number of fused-ring (bicyclic) bond motifs is 4. The molecule has 0 unspecified atom stereocenters. The molecule has 0 N–H and O–H groups in total. The van der Waals surface area contributed by atoms with Crippen LogP contribution in [-0.4, -0.2) is 9.13 Å². The van der Waals surface area contributed by atoms with Crippen molar-refractivity contribution in [2.24, 2.45) is 0 Å². The second-order valence-electron chi connectivity index (χ2n) is 11.9. The maximum absolute atomic E-state index is 10.3. The lowest BCUT2D eigenvalue weighted by atomic mass is 9.94. The second-order valence-corrected chi connectivity index (χ2v) is 11.9. The average Bonchev–Trinajstić information content (AvgIpc) is 3.67. The van der Waals surface area contributed by atoms with Crippen LogP contribution in [0, 0.1) is 22.7 Å². The predicted molar refractivity (Wildman–Crippen MR) is 203 cm³/mol. The van der Waals surface area contributed by atoms with Crippen LogP contribution in [0.1, 0.15) is 23.2 Å². The first-order chi connectivity index (χ1) is 24.2. The summed E-state index contributed by atoms with van der Waals surface area (Å²) in [5.41, 5.74) is 11.9. The molecule has 0 aliphatic carbocycles. The Morgan fingerprint density at radius 1 is 0.592 bits per heavy atom. The fraction of sp³-hybridized carbons (Fsp3) is 0.0222. The number of nitriles is 2.